The van der Waals surface area contributed by atoms with E-state index < -0.39 is 56.9 Å². The zero-order chi connectivity index (χ0) is 27.4. The highest BCUT2D eigenvalue weighted by atomic mass is 35.5. The van der Waals surface area contributed by atoms with Gasteiger partial charge in [-0.25, -0.2) is 8.42 Å². The molecule has 1 atom stereocenters. The number of sulfonamides is 1. The van der Waals surface area contributed by atoms with Crippen molar-refractivity contribution in [1.82, 2.24) is 10.2 Å². The largest absolute Gasteiger partial charge is 0.417 e. The molecule has 0 fully saturated rings. The van der Waals surface area contributed by atoms with Gasteiger partial charge in [-0.3, -0.25) is 13.9 Å². The van der Waals surface area contributed by atoms with Crippen molar-refractivity contribution in [3.05, 3.63) is 63.6 Å². The normalized spacial score (nSPS) is 12.8. The fourth-order valence-corrected chi connectivity index (χ4v) is 4.56. The zero-order valence-corrected chi connectivity index (χ0v) is 22.3. The molecule has 0 radical (unpaired) electrons. The number of rotatable bonds is 9. The lowest BCUT2D eigenvalue weighted by Crippen LogP contribution is -2.52. The number of nitrogens with zero attached hydrogens (tertiary/aromatic N) is 2. The number of carbonyl (C=O) groups excluding carboxylic acids is 2. The molecule has 0 aromatic heterocycles. The van der Waals surface area contributed by atoms with E-state index in [-0.39, 0.29) is 12.6 Å². The second-order valence-electron chi connectivity index (χ2n) is 8.38. The van der Waals surface area contributed by atoms with Gasteiger partial charge in [0, 0.05) is 17.6 Å². The van der Waals surface area contributed by atoms with E-state index in [2.05, 4.69) is 5.32 Å². The summed E-state index contributed by atoms with van der Waals surface area (Å²) >= 11 is 11.9. The molecule has 0 bridgehead atoms. The molecule has 198 valence electrons. The zero-order valence-electron chi connectivity index (χ0n) is 19.9. The van der Waals surface area contributed by atoms with Gasteiger partial charge in [0.1, 0.15) is 12.6 Å². The molecule has 36 heavy (non-hydrogen) atoms. The topological polar surface area (TPSA) is 86.8 Å². The first kappa shape index (κ1) is 29.7. The smallest absolute Gasteiger partial charge is 0.352 e. The van der Waals surface area contributed by atoms with E-state index >= 15 is 0 Å². The SMILES string of the molecule is CC(C)NC(=O)C(C)N(Cc1ccccc1Cl)C(=O)CN(c1ccc(Cl)c(C(F)(F)F)c1)S(C)(=O)=O. The Bertz CT molecular complexity index is 1220. The number of nitrogens with one attached hydrogen (secondary N) is 1. The lowest BCUT2D eigenvalue weighted by atomic mass is 10.1. The summed E-state index contributed by atoms with van der Waals surface area (Å²) in [7, 11) is -4.22. The van der Waals surface area contributed by atoms with E-state index in [1.165, 1.54) is 6.92 Å². The van der Waals surface area contributed by atoms with Crippen LogP contribution in [0.4, 0.5) is 18.9 Å². The Morgan fingerprint density at radius 2 is 1.64 bits per heavy atom. The van der Waals surface area contributed by atoms with E-state index in [1.807, 2.05) is 0 Å². The third kappa shape index (κ3) is 7.75. The Hall–Kier alpha value is -2.50. The van der Waals surface area contributed by atoms with Crippen LogP contribution in [-0.4, -0.2) is 50.0 Å². The fourth-order valence-electron chi connectivity index (χ4n) is 3.30. The van der Waals surface area contributed by atoms with Gasteiger partial charge in [-0.15, -0.1) is 0 Å². The summed E-state index contributed by atoms with van der Waals surface area (Å²) in [6.07, 6.45) is -4.09. The second-order valence-corrected chi connectivity index (χ2v) is 11.1. The van der Waals surface area contributed by atoms with Crippen LogP contribution in [0.3, 0.4) is 0 Å². The molecule has 0 saturated heterocycles. The minimum absolute atomic E-state index is 0.142. The maximum absolute atomic E-state index is 13.4. The van der Waals surface area contributed by atoms with E-state index in [9.17, 15) is 31.2 Å². The lowest BCUT2D eigenvalue weighted by Gasteiger charge is -2.32. The van der Waals surface area contributed by atoms with E-state index in [4.69, 9.17) is 23.2 Å². The van der Waals surface area contributed by atoms with Crippen molar-refractivity contribution in [2.45, 2.75) is 45.6 Å². The molecule has 13 heteroatoms. The minimum Gasteiger partial charge on any atom is -0.352 e. The van der Waals surface area contributed by atoms with Crippen LogP contribution in [0.25, 0.3) is 0 Å². The molecule has 0 aliphatic heterocycles. The van der Waals surface area contributed by atoms with Gasteiger partial charge in [0.15, 0.2) is 0 Å². The molecule has 0 aliphatic rings. The van der Waals surface area contributed by atoms with Gasteiger partial charge >= 0.3 is 6.18 Å². The molecular weight excluding hydrogens is 542 g/mol. The number of carbonyl (C=O) groups is 2. The summed E-state index contributed by atoms with van der Waals surface area (Å²) in [6, 6.07) is 7.83. The van der Waals surface area contributed by atoms with Gasteiger partial charge in [0.05, 0.1) is 22.5 Å². The average molecular weight is 568 g/mol. The predicted octanol–water partition coefficient (Wildman–Crippen LogP) is 4.72. The van der Waals surface area contributed by atoms with Crippen LogP contribution in [0.15, 0.2) is 42.5 Å². The molecular formula is C23H26Cl2F3N3O4S. The quantitative estimate of drug-likeness (QED) is 0.475. The summed E-state index contributed by atoms with van der Waals surface area (Å²) in [5, 5.41) is 2.39. The predicted molar refractivity (Wildman–Crippen MR) is 133 cm³/mol. The van der Waals surface area contributed by atoms with Crippen LogP contribution in [0.5, 0.6) is 0 Å². The van der Waals surface area contributed by atoms with Crippen LogP contribution in [0, 0.1) is 0 Å². The number of anilines is 1. The Labute approximate surface area is 218 Å². The second kappa shape index (κ2) is 11.7. The van der Waals surface area contributed by atoms with Gasteiger partial charge in [-0.2, -0.15) is 13.2 Å². The lowest BCUT2D eigenvalue weighted by molar-refractivity contribution is -0.139. The monoisotopic (exact) mass is 567 g/mol. The molecule has 0 heterocycles. The first-order chi connectivity index (χ1) is 16.5. The van der Waals surface area contributed by atoms with Crippen LogP contribution in [0.1, 0.15) is 31.9 Å². The van der Waals surface area contributed by atoms with E-state index in [1.54, 1.807) is 38.1 Å². The standard InChI is InChI=1S/C23H26Cl2F3N3O4S/c1-14(2)29-22(33)15(3)30(12-16-7-5-6-8-19(16)24)21(32)13-31(36(4,34)35)17-9-10-20(25)18(11-17)23(26,27)28/h5-11,14-15H,12-13H2,1-4H3,(H,29,33). The van der Waals surface area contributed by atoms with Gasteiger partial charge in [0.2, 0.25) is 21.8 Å². The van der Waals surface area contributed by atoms with Crippen LogP contribution < -0.4 is 9.62 Å². The molecule has 2 amide bonds. The Morgan fingerprint density at radius 3 is 2.17 bits per heavy atom. The maximum Gasteiger partial charge on any atom is 0.417 e. The third-order valence-corrected chi connectivity index (χ3v) is 6.96. The summed E-state index contributed by atoms with van der Waals surface area (Å²) in [4.78, 5) is 27.3. The minimum atomic E-state index is -4.85. The number of alkyl halides is 3. The molecule has 1 unspecified atom stereocenters. The number of hydrogen-bond acceptors (Lipinski definition) is 4. The van der Waals surface area contributed by atoms with E-state index in [0.29, 0.717) is 21.0 Å². The molecule has 0 saturated carbocycles. The highest BCUT2D eigenvalue weighted by Gasteiger charge is 2.35. The summed E-state index contributed by atoms with van der Waals surface area (Å²) in [5.74, 6) is -1.32. The number of amides is 2. The van der Waals surface area contributed by atoms with Gasteiger partial charge < -0.3 is 10.2 Å². The van der Waals surface area contributed by atoms with Gasteiger partial charge in [-0.1, -0.05) is 41.4 Å². The van der Waals surface area contributed by atoms with E-state index in [0.717, 1.165) is 23.3 Å². The van der Waals surface area contributed by atoms with Crippen LogP contribution in [0.2, 0.25) is 10.0 Å². The Balaban J connectivity index is 2.50. The van der Waals surface area contributed by atoms with Crippen LogP contribution >= 0.6 is 23.2 Å². The molecule has 7 nitrogen and oxygen atoms in total. The summed E-state index contributed by atoms with van der Waals surface area (Å²) < 4.78 is 65.7. The first-order valence-electron chi connectivity index (χ1n) is 10.7. The summed E-state index contributed by atoms with van der Waals surface area (Å²) in [6.45, 7) is 3.92. The van der Waals surface area contributed by atoms with Crippen molar-refractivity contribution >= 4 is 50.7 Å². The molecule has 1 N–H and O–H groups in total. The Morgan fingerprint density at radius 1 is 1.03 bits per heavy atom. The van der Waals surface area contributed by atoms with Crippen molar-refractivity contribution in [2.75, 3.05) is 17.1 Å². The molecule has 0 spiro atoms. The highest BCUT2D eigenvalue weighted by molar-refractivity contribution is 7.92. The van der Waals surface area contributed by atoms with Crippen molar-refractivity contribution in [3.8, 4) is 0 Å². The van der Waals surface area contributed by atoms with Crippen molar-refractivity contribution < 1.29 is 31.2 Å². The number of benzene rings is 2. The van der Waals surface area contributed by atoms with Gasteiger partial charge in [0.25, 0.3) is 0 Å². The van der Waals surface area contributed by atoms with Gasteiger partial charge in [-0.05, 0) is 50.6 Å². The third-order valence-electron chi connectivity index (χ3n) is 5.12. The number of halogens is 5. The maximum atomic E-state index is 13.4. The van der Waals surface area contributed by atoms with Crippen molar-refractivity contribution in [1.29, 1.82) is 0 Å². The van der Waals surface area contributed by atoms with Crippen LogP contribution in [-0.2, 0) is 32.3 Å². The Kier molecular flexibility index (Phi) is 9.66. The molecule has 2 rings (SSSR count). The summed E-state index contributed by atoms with van der Waals surface area (Å²) in [5.41, 5.74) is -1.16. The van der Waals surface area contributed by atoms with Crippen molar-refractivity contribution in [2.24, 2.45) is 0 Å². The average Bonchev–Trinajstić information content (AvgIpc) is 2.74. The first-order valence-corrected chi connectivity index (χ1v) is 13.3. The molecule has 2 aromatic carbocycles. The molecule has 0 aliphatic carbocycles. The number of hydrogen-bond donors (Lipinski definition) is 1. The fraction of sp³-hybridized carbons (Fsp3) is 0.391. The van der Waals surface area contributed by atoms with Crippen molar-refractivity contribution in [3.63, 3.8) is 0 Å². The highest BCUT2D eigenvalue weighted by Crippen LogP contribution is 2.37. The molecule has 2 aromatic rings.